The third-order valence-electron chi connectivity index (χ3n) is 6.11. The summed E-state index contributed by atoms with van der Waals surface area (Å²) in [6.45, 7) is 2.23. The molecule has 0 bridgehead atoms. The molecule has 0 saturated carbocycles. The molecule has 2 aliphatic rings. The van der Waals surface area contributed by atoms with E-state index in [1.807, 2.05) is 24.5 Å². The summed E-state index contributed by atoms with van der Waals surface area (Å²) in [6.07, 6.45) is 4.31. The first kappa shape index (κ1) is 23.9. The maximum Gasteiger partial charge on any atom is 0.255 e. The van der Waals surface area contributed by atoms with Crippen molar-refractivity contribution in [1.82, 2.24) is 20.3 Å². The van der Waals surface area contributed by atoms with E-state index in [4.69, 9.17) is 25.8 Å². The van der Waals surface area contributed by atoms with Gasteiger partial charge in [-0.1, -0.05) is 29.4 Å². The molecule has 4 heterocycles. The van der Waals surface area contributed by atoms with Crippen molar-refractivity contribution in [3.05, 3.63) is 46.7 Å². The Labute approximate surface area is 212 Å². The number of halogens is 1. The molecule has 2 aromatic heterocycles. The number of nitrogens with zero attached hydrogens (tertiary/aromatic N) is 2. The number of hydrogen-bond donors (Lipinski definition) is 3. The van der Waals surface area contributed by atoms with Crippen LogP contribution in [0.1, 0.15) is 28.4 Å². The van der Waals surface area contributed by atoms with Crippen LogP contribution in [-0.4, -0.2) is 66.7 Å². The molecular weight excluding hydrogens is 490 g/mol. The molecule has 1 saturated heterocycles. The minimum Gasteiger partial charge on any atom is -0.493 e. The highest BCUT2D eigenvalue weighted by molar-refractivity contribution is 7.98. The van der Waals surface area contributed by atoms with Crippen LogP contribution in [0, 0.1) is 0 Å². The quantitative estimate of drug-likeness (QED) is 0.317. The largest absolute Gasteiger partial charge is 0.493 e. The van der Waals surface area contributed by atoms with Crippen molar-refractivity contribution < 1.29 is 19.0 Å². The molecule has 3 aromatic rings. The lowest BCUT2D eigenvalue weighted by atomic mass is 9.91. The standard InChI is InChI=1S/C24H26ClN5O4S/c1-32-22-15(25)4-3-5-17(22)28-21-18-19(30-20(21)16-6-7-26-24(29-16)35-2)13(11-27-23(18)31)10-14-12-33-8-9-34-14/h3-7,13-14,28,30H,8-12H2,1-2H3,(H,27,31)/t13?,14-/m0/s1. The van der Waals surface area contributed by atoms with Crippen LogP contribution < -0.4 is 15.4 Å². The zero-order valence-electron chi connectivity index (χ0n) is 19.4. The lowest BCUT2D eigenvalue weighted by Crippen LogP contribution is -2.38. The van der Waals surface area contributed by atoms with Crippen LogP contribution in [0.25, 0.3) is 11.4 Å². The molecule has 3 N–H and O–H groups in total. The number of methoxy groups -OCH3 is 1. The zero-order valence-corrected chi connectivity index (χ0v) is 21.0. The normalized spacial score (nSPS) is 19.7. The van der Waals surface area contributed by atoms with Crippen molar-refractivity contribution in [3.8, 4) is 17.1 Å². The molecule has 2 aliphatic heterocycles. The summed E-state index contributed by atoms with van der Waals surface area (Å²) in [5, 5.41) is 7.55. The van der Waals surface area contributed by atoms with E-state index in [-0.39, 0.29) is 17.9 Å². The van der Waals surface area contributed by atoms with Gasteiger partial charge in [0, 0.05) is 24.4 Å². The predicted octanol–water partition coefficient (Wildman–Crippen LogP) is 4.23. The van der Waals surface area contributed by atoms with E-state index >= 15 is 0 Å². The molecule has 0 aliphatic carbocycles. The van der Waals surface area contributed by atoms with Crippen LogP contribution in [0.3, 0.4) is 0 Å². The summed E-state index contributed by atoms with van der Waals surface area (Å²) in [6, 6.07) is 7.25. The van der Waals surface area contributed by atoms with Crippen molar-refractivity contribution in [2.45, 2.75) is 23.6 Å². The molecule has 0 spiro atoms. The van der Waals surface area contributed by atoms with Gasteiger partial charge in [0.05, 0.1) is 66.4 Å². The van der Waals surface area contributed by atoms with Gasteiger partial charge in [0.1, 0.15) is 0 Å². The number of ether oxygens (including phenoxy) is 3. The number of amides is 1. The third-order valence-corrected chi connectivity index (χ3v) is 6.97. The van der Waals surface area contributed by atoms with E-state index in [1.54, 1.807) is 19.4 Å². The number of carbonyl (C=O) groups is 1. The van der Waals surface area contributed by atoms with Gasteiger partial charge in [-0.2, -0.15) is 0 Å². The highest BCUT2D eigenvalue weighted by atomic mass is 35.5. The van der Waals surface area contributed by atoms with E-state index in [0.717, 1.165) is 5.69 Å². The van der Waals surface area contributed by atoms with Crippen LogP contribution >= 0.6 is 23.4 Å². The SMILES string of the molecule is COc1c(Cl)cccc1Nc1c(-c2ccnc(SC)n2)[nH]c2c1C(=O)NCC2C[C@H]1COCCO1. The van der Waals surface area contributed by atoms with Gasteiger partial charge in [0.25, 0.3) is 5.91 Å². The number of benzene rings is 1. The van der Waals surface area contributed by atoms with E-state index in [1.165, 1.54) is 11.8 Å². The third kappa shape index (κ3) is 4.84. The Morgan fingerprint density at radius 2 is 2.20 bits per heavy atom. The molecule has 2 atom stereocenters. The Bertz CT molecular complexity index is 1230. The van der Waals surface area contributed by atoms with Gasteiger partial charge >= 0.3 is 0 Å². The molecule has 1 unspecified atom stereocenters. The minimum atomic E-state index is -0.165. The number of thioether (sulfide) groups is 1. The maximum atomic E-state index is 13.2. The van der Waals surface area contributed by atoms with Gasteiger partial charge < -0.3 is 29.8 Å². The van der Waals surface area contributed by atoms with Gasteiger partial charge in [-0.05, 0) is 30.9 Å². The second-order valence-electron chi connectivity index (χ2n) is 8.25. The van der Waals surface area contributed by atoms with Crippen LogP contribution in [0.2, 0.25) is 5.02 Å². The fraction of sp³-hybridized carbons (Fsp3) is 0.375. The number of para-hydroxylation sites is 1. The number of H-pyrrole nitrogens is 1. The molecular formula is C24H26ClN5O4S. The first-order valence-electron chi connectivity index (χ1n) is 11.3. The van der Waals surface area contributed by atoms with Crippen molar-refractivity contribution >= 4 is 40.6 Å². The number of anilines is 2. The number of aromatic amines is 1. The topological polar surface area (TPSA) is 110 Å². The Hall–Kier alpha value is -2.79. The Morgan fingerprint density at radius 1 is 1.31 bits per heavy atom. The lowest BCUT2D eigenvalue weighted by molar-refractivity contribution is -0.0928. The summed E-state index contributed by atoms with van der Waals surface area (Å²) in [7, 11) is 1.56. The van der Waals surface area contributed by atoms with Crippen molar-refractivity contribution in [1.29, 1.82) is 0 Å². The summed E-state index contributed by atoms with van der Waals surface area (Å²) in [4.78, 5) is 25.7. The monoisotopic (exact) mass is 515 g/mol. The second kappa shape index (κ2) is 10.4. The Kier molecular flexibility index (Phi) is 7.14. The van der Waals surface area contributed by atoms with Crippen LogP contribution in [0.5, 0.6) is 5.75 Å². The van der Waals surface area contributed by atoms with Gasteiger partial charge in [-0.15, -0.1) is 0 Å². The Morgan fingerprint density at radius 3 is 2.97 bits per heavy atom. The number of carbonyl (C=O) groups excluding carboxylic acids is 1. The summed E-state index contributed by atoms with van der Waals surface area (Å²) < 4.78 is 17.0. The van der Waals surface area contributed by atoms with Crippen LogP contribution in [0.15, 0.2) is 35.6 Å². The van der Waals surface area contributed by atoms with Gasteiger partial charge in [-0.25, -0.2) is 9.97 Å². The molecule has 0 radical (unpaired) electrons. The summed E-state index contributed by atoms with van der Waals surface area (Å²) in [5.41, 5.74) is 3.99. The van der Waals surface area contributed by atoms with Crippen molar-refractivity contribution in [2.75, 3.05) is 45.0 Å². The number of fused-ring (bicyclic) bond motifs is 1. The minimum absolute atomic E-state index is 0.0202. The number of hydrogen-bond acceptors (Lipinski definition) is 8. The molecule has 184 valence electrons. The fourth-order valence-corrected chi connectivity index (χ4v) is 5.11. The van der Waals surface area contributed by atoms with Crippen molar-refractivity contribution in [2.24, 2.45) is 0 Å². The molecule has 1 fully saturated rings. The Balaban J connectivity index is 1.62. The molecule has 35 heavy (non-hydrogen) atoms. The first-order chi connectivity index (χ1) is 17.1. The molecule has 11 heteroatoms. The fourth-order valence-electron chi connectivity index (χ4n) is 4.50. The van der Waals surface area contributed by atoms with Gasteiger partial charge in [-0.3, -0.25) is 4.79 Å². The molecule has 9 nitrogen and oxygen atoms in total. The summed E-state index contributed by atoms with van der Waals surface area (Å²) in [5.74, 6) is 0.345. The molecule has 5 rings (SSSR count). The van der Waals surface area contributed by atoms with Crippen molar-refractivity contribution in [3.63, 3.8) is 0 Å². The van der Waals surface area contributed by atoms with E-state index < -0.39 is 0 Å². The average Bonchev–Trinajstić information content (AvgIpc) is 3.27. The first-order valence-corrected chi connectivity index (χ1v) is 12.9. The van der Waals surface area contributed by atoms with Crippen LogP contribution in [0.4, 0.5) is 11.4 Å². The highest BCUT2D eigenvalue weighted by Gasteiger charge is 2.35. The summed E-state index contributed by atoms with van der Waals surface area (Å²) >= 11 is 7.82. The number of rotatable bonds is 7. The van der Waals surface area contributed by atoms with Gasteiger partial charge in [0.2, 0.25) is 0 Å². The van der Waals surface area contributed by atoms with Crippen LogP contribution in [-0.2, 0) is 9.47 Å². The number of aromatic nitrogens is 3. The average molecular weight is 516 g/mol. The highest BCUT2D eigenvalue weighted by Crippen LogP contribution is 2.43. The van der Waals surface area contributed by atoms with E-state index in [0.29, 0.717) is 77.0 Å². The number of nitrogens with one attached hydrogen (secondary N) is 3. The molecule has 1 amide bonds. The lowest BCUT2D eigenvalue weighted by Gasteiger charge is -2.29. The predicted molar refractivity (Wildman–Crippen MR) is 135 cm³/mol. The zero-order chi connectivity index (χ0) is 24.4. The smallest absolute Gasteiger partial charge is 0.255 e. The van der Waals surface area contributed by atoms with E-state index in [2.05, 4.69) is 25.6 Å². The molecule has 1 aromatic carbocycles. The second-order valence-corrected chi connectivity index (χ2v) is 9.43. The van der Waals surface area contributed by atoms with E-state index in [9.17, 15) is 4.79 Å². The van der Waals surface area contributed by atoms with Gasteiger partial charge in [0.15, 0.2) is 10.9 Å². The maximum absolute atomic E-state index is 13.2.